The number of nitrogens with two attached hydrogens (primary N) is 1. The van der Waals surface area contributed by atoms with Crippen LogP contribution in [0.15, 0.2) is 47.4 Å². The van der Waals surface area contributed by atoms with Gasteiger partial charge >= 0.3 is 0 Å². The molecule has 0 unspecified atom stereocenters. The van der Waals surface area contributed by atoms with Gasteiger partial charge in [0.25, 0.3) is 10.1 Å². The highest BCUT2D eigenvalue weighted by atomic mass is 32.2. The van der Waals surface area contributed by atoms with Crippen molar-refractivity contribution in [3.8, 4) is 11.1 Å². The molecule has 0 fully saturated rings. The normalized spacial score (nSPS) is 11.3. The minimum Gasteiger partial charge on any atom is -0.366 e. The monoisotopic (exact) mass is 291 g/mol. The smallest absolute Gasteiger partial charge is 0.294 e. The number of primary amides is 1. The van der Waals surface area contributed by atoms with Gasteiger partial charge in [0.1, 0.15) is 0 Å². The summed E-state index contributed by atoms with van der Waals surface area (Å²) in [5.41, 5.74) is 7.21. The van der Waals surface area contributed by atoms with Gasteiger partial charge in [0.05, 0.1) is 4.90 Å². The Kier molecular flexibility index (Phi) is 3.61. The molecule has 0 heterocycles. The van der Waals surface area contributed by atoms with Crippen molar-refractivity contribution < 1.29 is 17.8 Å². The Morgan fingerprint density at radius 1 is 1.10 bits per heavy atom. The SMILES string of the molecule is Cc1ccc(-c2cccc(C(N)=O)c2)cc1S(=O)(=O)O. The third-order valence-corrected chi connectivity index (χ3v) is 3.94. The molecule has 0 aliphatic heterocycles. The van der Waals surface area contributed by atoms with Crippen molar-refractivity contribution in [2.75, 3.05) is 0 Å². The van der Waals surface area contributed by atoms with E-state index in [1.54, 1.807) is 43.3 Å². The molecule has 0 spiro atoms. The first-order valence-corrected chi connectivity index (χ1v) is 7.21. The van der Waals surface area contributed by atoms with Gasteiger partial charge in [-0.3, -0.25) is 9.35 Å². The topological polar surface area (TPSA) is 97.5 Å². The predicted molar refractivity (Wildman–Crippen MR) is 74.9 cm³/mol. The lowest BCUT2D eigenvalue weighted by Gasteiger charge is -2.07. The van der Waals surface area contributed by atoms with Crippen molar-refractivity contribution in [2.24, 2.45) is 5.73 Å². The van der Waals surface area contributed by atoms with Gasteiger partial charge in [0.15, 0.2) is 0 Å². The molecule has 0 bridgehead atoms. The third-order valence-electron chi connectivity index (χ3n) is 2.95. The van der Waals surface area contributed by atoms with Gasteiger partial charge in [-0.05, 0) is 41.8 Å². The van der Waals surface area contributed by atoms with E-state index in [4.69, 9.17) is 5.73 Å². The number of hydrogen-bond donors (Lipinski definition) is 2. The molecular formula is C14H13NO4S. The first-order valence-electron chi connectivity index (χ1n) is 5.77. The molecule has 2 rings (SSSR count). The summed E-state index contributed by atoms with van der Waals surface area (Å²) < 4.78 is 31.8. The summed E-state index contributed by atoms with van der Waals surface area (Å²) in [6.45, 7) is 1.59. The molecule has 5 nitrogen and oxygen atoms in total. The largest absolute Gasteiger partial charge is 0.366 e. The van der Waals surface area contributed by atoms with E-state index in [-0.39, 0.29) is 4.90 Å². The van der Waals surface area contributed by atoms with Crippen LogP contribution in [0, 0.1) is 6.92 Å². The maximum Gasteiger partial charge on any atom is 0.294 e. The molecule has 6 heteroatoms. The van der Waals surface area contributed by atoms with E-state index in [0.29, 0.717) is 22.3 Å². The molecule has 3 N–H and O–H groups in total. The number of carbonyl (C=O) groups excluding carboxylic acids is 1. The Morgan fingerprint density at radius 2 is 1.75 bits per heavy atom. The molecule has 104 valence electrons. The van der Waals surface area contributed by atoms with Crippen molar-refractivity contribution in [3.05, 3.63) is 53.6 Å². The first-order chi connectivity index (χ1) is 9.29. The van der Waals surface area contributed by atoms with Crippen LogP contribution in [0.5, 0.6) is 0 Å². The first kappa shape index (κ1) is 14.2. The maximum atomic E-state index is 11.3. The van der Waals surface area contributed by atoms with Gasteiger partial charge < -0.3 is 5.73 Å². The molecule has 0 radical (unpaired) electrons. The van der Waals surface area contributed by atoms with Gasteiger partial charge in [-0.25, -0.2) is 0 Å². The molecule has 0 atom stereocenters. The van der Waals surface area contributed by atoms with E-state index >= 15 is 0 Å². The predicted octanol–water partition coefficient (Wildman–Crippen LogP) is 2.01. The lowest BCUT2D eigenvalue weighted by Crippen LogP contribution is -2.10. The second-order valence-corrected chi connectivity index (χ2v) is 5.79. The third kappa shape index (κ3) is 2.87. The van der Waals surface area contributed by atoms with Crippen molar-refractivity contribution in [2.45, 2.75) is 11.8 Å². The lowest BCUT2D eigenvalue weighted by atomic mass is 10.0. The Labute approximate surface area is 116 Å². The minimum atomic E-state index is -4.28. The Bertz CT molecular complexity index is 782. The number of aryl methyl sites for hydroxylation is 1. The zero-order valence-electron chi connectivity index (χ0n) is 10.7. The molecule has 0 saturated heterocycles. The average molecular weight is 291 g/mol. The summed E-state index contributed by atoms with van der Waals surface area (Å²) in [6, 6.07) is 11.2. The van der Waals surface area contributed by atoms with Crippen LogP contribution in [0.25, 0.3) is 11.1 Å². The molecule has 0 saturated carbocycles. The lowest BCUT2D eigenvalue weighted by molar-refractivity contribution is 0.100. The van der Waals surface area contributed by atoms with Gasteiger partial charge in [0.2, 0.25) is 5.91 Å². The minimum absolute atomic E-state index is 0.153. The van der Waals surface area contributed by atoms with E-state index in [1.807, 2.05) is 0 Å². The molecular weight excluding hydrogens is 278 g/mol. The van der Waals surface area contributed by atoms with Crippen LogP contribution in [-0.2, 0) is 10.1 Å². The Balaban J connectivity index is 2.60. The van der Waals surface area contributed by atoms with Crippen molar-refractivity contribution in [3.63, 3.8) is 0 Å². The van der Waals surface area contributed by atoms with Crippen LogP contribution in [-0.4, -0.2) is 18.9 Å². The fourth-order valence-corrected chi connectivity index (χ4v) is 2.66. The summed E-state index contributed by atoms with van der Waals surface area (Å²) in [7, 11) is -4.28. The fourth-order valence-electron chi connectivity index (χ4n) is 1.91. The van der Waals surface area contributed by atoms with Gasteiger partial charge in [-0.15, -0.1) is 0 Å². The van der Waals surface area contributed by atoms with Crippen LogP contribution in [0.3, 0.4) is 0 Å². The summed E-state index contributed by atoms with van der Waals surface area (Å²) in [5, 5.41) is 0. The van der Waals surface area contributed by atoms with Crippen LogP contribution in [0.1, 0.15) is 15.9 Å². The summed E-state index contributed by atoms with van der Waals surface area (Å²) in [4.78, 5) is 11.0. The highest BCUT2D eigenvalue weighted by molar-refractivity contribution is 7.85. The quantitative estimate of drug-likeness (QED) is 0.845. The number of amides is 1. The molecule has 1 amide bonds. The molecule has 0 aliphatic rings. The Morgan fingerprint density at radius 3 is 2.35 bits per heavy atom. The van der Waals surface area contributed by atoms with Gasteiger partial charge in [-0.1, -0.05) is 24.3 Å². The van der Waals surface area contributed by atoms with Crippen molar-refractivity contribution in [1.82, 2.24) is 0 Å². The second kappa shape index (κ2) is 5.07. The maximum absolute atomic E-state index is 11.3. The summed E-state index contributed by atoms with van der Waals surface area (Å²) in [5.74, 6) is -0.561. The molecule has 2 aromatic rings. The van der Waals surface area contributed by atoms with E-state index in [2.05, 4.69) is 0 Å². The van der Waals surface area contributed by atoms with Crippen LogP contribution < -0.4 is 5.73 Å². The number of carbonyl (C=O) groups is 1. The fraction of sp³-hybridized carbons (Fsp3) is 0.0714. The molecule has 0 aromatic heterocycles. The summed E-state index contributed by atoms with van der Waals surface area (Å²) in [6.07, 6.45) is 0. The molecule has 20 heavy (non-hydrogen) atoms. The number of hydrogen-bond acceptors (Lipinski definition) is 3. The highest BCUT2D eigenvalue weighted by Crippen LogP contribution is 2.25. The standard InChI is InChI=1S/C14H13NO4S/c1-9-5-6-11(8-13(9)20(17,18)19)10-3-2-4-12(7-10)14(15)16/h2-8H,1H3,(H2,15,16)(H,17,18,19). The molecule has 2 aromatic carbocycles. The van der Waals surface area contributed by atoms with Gasteiger partial charge in [-0.2, -0.15) is 8.42 Å². The zero-order valence-corrected chi connectivity index (χ0v) is 11.5. The van der Waals surface area contributed by atoms with E-state index in [1.165, 1.54) is 6.07 Å². The van der Waals surface area contributed by atoms with Crippen molar-refractivity contribution >= 4 is 16.0 Å². The van der Waals surface area contributed by atoms with Gasteiger partial charge in [0, 0.05) is 5.56 Å². The highest BCUT2D eigenvalue weighted by Gasteiger charge is 2.14. The number of benzene rings is 2. The van der Waals surface area contributed by atoms with E-state index in [9.17, 15) is 17.8 Å². The van der Waals surface area contributed by atoms with Crippen LogP contribution in [0.4, 0.5) is 0 Å². The van der Waals surface area contributed by atoms with E-state index in [0.717, 1.165) is 0 Å². The second-order valence-electron chi connectivity index (χ2n) is 4.40. The Hall–Kier alpha value is -2.18. The van der Waals surface area contributed by atoms with E-state index < -0.39 is 16.0 Å². The molecule has 0 aliphatic carbocycles. The van der Waals surface area contributed by atoms with Crippen LogP contribution in [0.2, 0.25) is 0 Å². The van der Waals surface area contributed by atoms with Crippen LogP contribution >= 0.6 is 0 Å². The van der Waals surface area contributed by atoms with Crippen molar-refractivity contribution in [1.29, 1.82) is 0 Å². The average Bonchev–Trinajstić information content (AvgIpc) is 2.38. The summed E-state index contributed by atoms with van der Waals surface area (Å²) >= 11 is 0. The zero-order chi connectivity index (χ0) is 14.9. The number of rotatable bonds is 3.